The van der Waals surface area contributed by atoms with Gasteiger partial charge < -0.3 is 5.32 Å². The second-order valence-electron chi connectivity index (χ2n) is 6.47. The van der Waals surface area contributed by atoms with Gasteiger partial charge in [0.15, 0.2) is 0 Å². The van der Waals surface area contributed by atoms with Gasteiger partial charge in [-0.2, -0.15) is 0 Å². The van der Waals surface area contributed by atoms with Crippen LogP contribution in [0.15, 0.2) is 77.7 Å². The average Bonchev–Trinajstić information content (AvgIpc) is 2.68. The maximum absolute atomic E-state index is 12.7. The van der Waals surface area contributed by atoms with Crippen molar-refractivity contribution in [2.45, 2.75) is 25.2 Å². The summed E-state index contributed by atoms with van der Waals surface area (Å²) in [5, 5.41) is 2.86. The van der Waals surface area contributed by atoms with E-state index >= 15 is 0 Å². The minimum Gasteiger partial charge on any atom is -0.322 e. The van der Waals surface area contributed by atoms with Crippen LogP contribution in [-0.2, 0) is 16.4 Å². The van der Waals surface area contributed by atoms with Crippen LogP contribution in [0.2, 0.25) is 0 Å². The number of anilines is 2. The summed E-state index contributed by atoms with van der Waals surface area (Å²) in [5.41, 5.74) is 3.44. The highest BCUT2D eigenvalue weighted by Gasteiger charge is 2.17. The number of rotatable bonds is 6. The second kappa shape index (κ2) is 8.27. The number of amides is 1. The fourth-order valence-electron chi connectivity index (χ4n) is 2.87. The van der Waals surface area contributed by atoms with Gasteiger partial charge in [0.25, 0.3) is 15.9 Å². The number of para-hydroxylation sites is 1. The van der Waals surface area contributed by atoms with Gasteiger partial charge in [0.1, 0.15) is 0 Å². The minimum atomic E-state index is -3.80. The quantitative estimate of drug-likeness (QED) is 0.641. The first-order valence-corrected chi connectivity index (χ1v) is 10.5. The summed E-state index contributed by atoms with van der Waals surface area (Å²) < 4.78 is 28.0. The largest absolute Gasteiger partial charge is 0.322 e. The van der Waals surface area contributed by atoms with Crippen LogP contribution in [0.4, 0.5) is 11.4 Å². The molecule has 28 heavy (non-hydrogen) atoms. The van der Waals surface area contributed by atoms with Gasteiger partial charge in [0.2, 0.25) is 0 Å². The van der Waals surface area contributed by atoms with Crippen molar-refractivity contribution in [3.05, 3.63) is 89.5 Å². The molecule has 0 aliphatic heterocycles. The van der Waals surface area contributed by atoms with E-state index in [4.69, 9.17) is 0 Å². The Morgan fingerprint density at radius 3 is 2.43 bits per heavy atom. The van der Waals surface area contributed by atoms with Gasteiger partial charge in [-0.25, -0.2) is 8.42 Å². The Labute approximate surface area is 165 Å². The fourth-order valence-corrected chi connectivity index (χ4v) is 3.97. The van der Waals surface area contributed by atoms with Crippen LogP contribution in [0.1, 0.15) is 28.4 Å². The molecule has 0 aliphatic carbocycles. The summed E-state index contributed by atoms with van der Waals surface area (Å²) in [6.07, 6.45) is 0.783. The molecule has 0 fully saturated rings. The molecule has 6 heteroatoms. The van der Waals surface area contributed by atoms with E-state index < -0.39 is 10.0 Å². The smallest absolute Gasteiger partial charge is 0.261 e. The third-order valence-corrected chi connectivity index (χ3v) is 5.70. The van der Waals surface area contributed by atoms with E-state index in [0.717, 1.165) is 23.2 Å². The van der Waals surface area contributed by atoms with Gasteiger partial charge in [-0.3, -0.25) is 9.52 Å². The van der Waals surface area contributed by atoms with E-state index in [1.54, 1.807) is 30.3 Å². The molecule has 1 amide bonds. The van der Waals surface area contributed by atoms with Crippen molar-refractivity contribution in [2.24, 2.45) is 0 Å². The van der Waals surface area contributed by atoms with Gasteiger partial charge in [0, 0.05) is 16.9 Å². The number of aryl methyl sites for hydroxylation is 2. The standard InChI is InChI=1S/C22H22N2O3S/c1-3-17-9-4-5-13-21(17)23-22(25)18-10-7-12-20(15-18)28(26,27)24-19-11-6-8-16(2)14-19/h4-15,24H,3H2,1-2H3,(H,23,25). The van der Waals surface area contributed by atoms with Crippen LogP contribution in [-0.4, -0.2) is 14.3 Å². The molecule has 0 spiro atoms. The molecule has 144 valence electrons. The van der Waals surface area contributed by atoms with Gasteiger partial charge >= 0.3 is 0 Å². The Morgan fingerprint density at radius 1 is 0.929 bits per heavy atom. The predicted octanol–water partition coefficient (Wildman–Crippen LogP) is 4.61. The molecule has 0 aliphatic rings. The van der Waals surface area contributed by atoms with E-state index in [9.17, 15) is 13.2 Å². The van der Waals surface area contributed by atoms with Crippen LogP contribution in [0.5, 0.6) is 0 Å². The molecule has 0 atom stereocenters. The third kappa shape index (κ3) is 4.58. The fraction of sp³-hybridized carbons (Fsp3) is 0.136. The number of hydrogen-bond donors (Lipinski definition) is 2. The topological polar surface area (TPSA) is 75.3 Å². The summed E-state index contributed by atoms with van der Waals surface area (Å²) in [4.78, 5) is 12.7. The molecular formula is C22H22N2O3S. The van der Waals surface area contributed by atoms with Crippen molar-refractivity contribution in [1.82, 2.24) is 0 Å². The number of carbonyl (C=O) groups is 1. The molecule has 2 N–H and O–H groups in total. The van der Waals surface area contributed by atoms with Gasteiger partial charge in [0.05, 0.1) is 4.90 Å². The van der Waals surface area contributed by atoms with E-state index in [1.165, 1.54) is 12.1 Å². The molecule has 5 nitrogen and oxygen atoms in total. The zero-order chi connectivity index (χ0) is 20.1. The van der Waals surface area contributed by atoms with Crippen LogP contribution >= 0.6 is 0 Å². The lowest BCUT2D eigenvalue weighted by Gasteiger charge is -2.12. The Morgan fingerprint density at radius 2 is 1.68 bits per heavy atom. The molecular weight excluding hydrogens is 372 g/mol. The minimum absolute atomic E-state index is 0.0328. The predicted molar refractivity (Wildman–Crippen MR) is 112 cm³/mol. The first-order chi connectivity index (χ1) is 13.4. The van der Waals surface area contributed by atoms with Crippen molar-refractivity contribution >= 4 is 27.3 Å². The van der Waals surface area contributed by atoms with Crippen molar-refractivity contribution < 1.29 is 13.2 Å². The summed E-state index contributed by atoms with van der Waals surface area (Å²) in [6, 6.07) is 20.6. The monoisotopic (exact) mass is 394 g/mol. The third-order valence-electron chi connectivity index (χ3n) is 4.32. The summed E-state index contributed by atoms with van der Waals surface area (Å²) in [5.74, 6) is -0.353. The lowest BCUT2D eigenvalue weighted by Crippen LogP contribution is -2.16. The molecule has 3 rings (SSSR count). The normalized spacial score (nSPS) is 11.1. The Balaban J connectivity index is 1.84. The molecule has 0 radical (unpaired) electrons. The van der Waals surface area contributed by atoms with Crippen molar-refractivity contribution in [2.75, 3.05) is 10.0 Å². The SMILES string of the molecule is CCc1ccccc1NC(=O)c1cccc(S(=O)(=O)Nc2cccc(C)c2)c1. The Bertz CT molecular complexity index is 1110. The van der Waals surface area contributed by atoms with E-state index in [-0.39, 0.29) is 16.4 Å². The molecule has 3 aromatic carbocycles. The zero-order valence-corrected chi connectivity index (χ0v) is 16.6. The highest BCUT2D eigenvalue weighted by molar-refractivity contribution is 7.92. The van der Waals surface area contributed by atoms with E-state index in [1.807, 2.05) is 44.2 Å². The Kier molecular flexibility index (Phi) is 5.80. The molecule has 0 saturated heterocycles. The number of hydrogen-bond acceptors (Lipinski definition) is 3. The van der Waals surface area contributed by atoms with Crippen LogP contribution in [0.25, 0.3) is 0 Å². The highest BCUT2D eigenvalue weighted by atomic mass is 32.2. The molecule has 3 aromatic rings. The summed E-state index contributed by atoms with van der Waals surface area (Å²) >= 11 is 0. The lowest BCUT2D eigenvalue weighted by molar-refractivity contribution is 0.102. The number of sulfonamides is 1. The summed E-state index contributed by atoms with van der Waals surface area (Å²) in [6.45, 7) is 3.89. The second-order valence-corrected chi connectivity index (χ2v) is 8.15. The molecule has 0 saturated carbocycles. The van der Waals surface area contributed by atoms with Gasteiger partial charge in [-0.15, -0.1) is 0 Å². The van der Waals surface area contributed by atoms with Crippen molar-refractivity contribution in [3.8, 4) is 0 Å². The molecule has 0 aromatic heterocycles. The molecule has 0 unspecified atom stereocenters. The van der Waals surface area contributed by atoms with E-state index in [0.29, 0.717) is 5.69 Å². The van der Waals surface area contributed by atoms with Gasteiger partial charge in [-0.1, -0.05) is 43.3 Å². The summed E-state index contributed by atoms with van der Waals surface area (Å²) in [7, 11) is -3.80. The van der Waals surface area contributed by atoms with Gasteiger partial charge in [-0.05, 0) is 60.9 Å². The number of benzene rings is 3. The van der Waals surface area contributed by atoms with Crippen molar-refractivity contribution in [1.29, 1.82) is 0 Å². The van der Waals surface area contributed by atoms with Crippen LogP contribution in [0.3, 0.4) is 0 Å². The maximum atomic E-state index is 12.7. The maximum Gasteiger partial charge on any atom is 0.261 e. The van der Waals surface area contributed by atoms with E-state index in [2.05, 4.69) is 10.0 Å². The Hall–Kier alpha value is -3.12. The zero-order valence-electron chi connectivity index (χ0n) is 15.8. The van der Waals surface area contributed by atoms with Crippen LogP contribution < -0.4 is 10.0 Å². The van der Waals surface area contributed by atoms with Crippen LogP contribution in [0, 0.1) is 6.92 Å². The molecule has 0 bridgehead atoms. The highest BCUT2D eigenvalue weighted by Crippen LogP contribution is 2.20. The number of carbonyl (C=O) groups excluding carboxylic acids is 1. The van der Waals surface area contributed by atoms with Crippen molar-refractivity contribution in [3.63, 3.8) is 0 Å². The first kappa shape index (κ1) is 19.6. The lowest BCUT2D eigenvalue weighted by atomic mass is 10.1. The average molecular weight is 394 g/mol. The first-order valence-electron chi connectivity index (χ1n) is 8.98. The number of nitrogens with one attached hydrogen (secondary N) is 2. The molecule has 0 heterocycles.